The number of hydrogen-bond donors (Lipinski definition) is 1. The largest absolute Gasteiger partial charge is 0.382 e. The number of halogens is 1. The van der Waals surface area contributed by atoms with Crippen LogP contribution in [-0.2, 0) is 0 Å². The van der Waals surface area contributed by atoms with E-state index >= 15 is 0 Å². The zero-order valence-electron chi connectivity index (χ0n) is 8.82. The van der Waals surface area contributed by atoms with E-state index in [4.69, 9.17) is 5.73 Å². The number of anilines is 1. The molecule has 0 saturated carbocycles. The maximum absolute atomic E-state index is 5.88. The molecular weight excluding hydrogens is 258 g/mol. The second kappa shape index (κ2) is 3.44. The van der Waals surface area contributed by atoms with Crippen molar-refractivity contribution < 1.29 is 0 Å². The average molecular weight is 270 g/mol. The maximum Gasteiger partial charge on any atom is 0.184 e. The molecule has 2 heterocycles. The van der Waals surface area contributed by atoms with Crippen LogP contribution < -0.4 is 5.73 Å². The standard InChI is InChI=1S/C9H12BrN5/c1-4(2)15-6-7(11)12-5(3)13-8(6)14-9(15)10/h4H,1-3H3,(H2,11,12,13). The van der Waals surface area contributed by atoms with Crippen molar-refractivity contribution in [2.75, 3.05) is 5.73 Å². The third-order valence-electron chi connectivity index (χ3n) is 2.16. The second-order valence-electron chi connectivity index (χ2n) is 3.67. The van der Waals surface area contributed by atoms with Crippen molar-refractivity contribution in [2.24, 2.45) is 0 Å². The predicted molar refractivity (Wildman–Crippen MR) is 62.6 cm³/mol. The van der Waals surface area contributed by atoms with E-state index in [9.17, 15) is 0 Å². The van der Waals surface area contributed by atoms with E-state index in [2.05, 4.69) is 44.7 Å². The first kappa shape index (κ1) is 10.4. The van der Waals surface area contributed by atoms with Crippen molar-refractivity contribution in [3.05, 3.63) is 10.6 Å². The van der Waals surface area contributed by atoms with Crippen LogP contribution in [0.5, 0.6) is 0 Å². The lowest BCUT2D eigenvalue weighted by atomic mass is 10.3. The summed E-state index contributed by atoms with van der Waals surface area (Å²) in [4.78, 5) is 12.7. The van der Waals surface area contributed by atoms with Crippen molar-refractivity contribution in [1.82, 2.24) is 19.5 Å². The van der Waals surface area contributed by atoms with E-state index < -0.39 is 0 Å². The van der Waals surface area contributed by atoms with Crippen LogP contribution in [0.2, 0.25) is 0 Å². The van der Waals surface area contributed by atoms with Gasteiger partial charge in [-0.15, -0.1) is 0 Å². The maximum atomic E-state index is 5.88. The minimum atomic E-state index is 0.262. The van der Waals surface area contributed by atoms with Gasteiger partial charge in [-0.1, -0.05) is 0 Å². The molecule has 80 valence electrons. The molecule has 0 atom stereocenters. The molecule has 6 heteroatoms. The molecule has 0 bridgehead atoms. The molecular formula is C9H12BrN5. The van der Waals surface area contributed by atoms with Crippen LogP contribution >= 0.6 is 15.9 Å². The van der Waals surface area contributed by atoms with Crippen LogP contribution in [0, 0.1) is 6.92 Å². The van der Waals surface area contributed by atoms with Gasteiger partial charge in [0.25, 0.3) is 0 Å². The molecule has 0 saturated heterocycles. The number of imidazole rings is 1. The average Bonchev–Trinajstić information content (AvgIpc) is 2.40. The van der Waals surface area contributed by atoms with Crippen LogP contribution in [0.4, 0.5) is 5.82 Å². The van der Waals surface area contributed by atoms with E-state index in [1.165, 1.54) is 0 Å². The van der Waals surface area contributed by atoms with Gasteiger partial charge in [0.2, 0.25) is 0 Å². The smallest absolute Gasteiger partial charge is 0.184 e. The minimum Gasteiger partial charge on any atom is -0.382 e. The zero-order valence-corrected chi connectivity index (χ0v) is 10.4. The van der Waals surface area contributed by atoms with Gasteiger partial charge in [0.1, 0.15) is 11.3 Å². The lowest BCUT2D eigenvalue weighted by Crippen LogP contribution is -2.05. The molecule has 0 unspecified atom stereocenters. The third kappa shape index (κ3) is 1.58. The molecule has 15 heavy (non-hydrogen) atoms. The Morgan fingerprint density at radius 1 is 1.27 bits per heavy atom. The fraction of sp³-hybridized carbons (Fsp3) is 0.444. The van der Waals surface area contributed by atoms with Gasteiger partial charge in [0.15, 0.2) is 16.2 Å². The van der Waals surface area contributed by atoms with Gasteiger partial charge in [-0.3, -0.25) is 0 Å². The summed E-state index contributed by atoms with van der Waals surface area (Å²) in [5.74, 6) is 1.12. The summed E-state index contributed by atoms with van der Waals surface area (Å²) < 4.78 is 2.71. The Kier molecular flexibility index (Phi) is 2.38. The van der Waals surface area contributed by atoms with Crippen molar-refractivity contribution in [3.8, 4) is 0 Å². The van der Waals surface area contributed by atoms with Gasteiger partial charge in [-0.25, -0.2) is 15.0 Å². The first-order chi connectivity index (χ1) is 7.00. The first-order valence-corrected chi connectivity index (χ1v) is 5.47. The zero-order chi connectivity index (χ0) is 11.2. The number of nitrogen functional groups attached to an aromatic ring is 1. The van der Waals surface area contributed by atoms with Crippen molar-refractivity contribution in [3.63, 3.8) is 0 Å². The predicted octanol–water partition coefficient (Wildman–Crippen LogP) is 2.06. The quantitative estimate of drug-likeness (QED) is 0.805. The van der Waals surface area contributed by atoms with E-state index in [1.54, 1.807) is 6.92 Å². The highest BCUT2D eigenvalue weighted by atomic mass is 79.9. The minimum absolute atomic E-state index is 0.262. The SMILES string of the molecule is Cc1nc(N)c2c(n1)nc(Br)n2C(C)C. The number of aromatic nitrogens is 4. The Hall–Kier alpha value is -1.17. The molecule has 2 N–H and O–H groups in total. The highest BCUT2D eigenvalue weighted by Crippen LogP contribution is 2.26. The molecule has 0 aliphatic rings. The van der Waals surface area contributed by atoms with Crippen LogP contribution in [0.15, 0.2) is 4.73 Å². The topological polar surface area (TPSA) is 69.6 Å². The number of hydrogen-bond acceptors (Lipinski definition) is 4. The van der Waals surface area contributed by atoms with Gasteiger partial charge >= 0.3 is 0 Å². The summed E-state index contributed by atoms with van der Waals surface area (Å²) >= 11 is 3.40. The van der Waals surface area contributed by atoms with E-state index in [0.717, 1.165) is 10.3 Å². The van der Waals surface area contributed by atoms with Crippen LogP contribution in [0.25, 0.3) is 11.2 Å². The van der Waals surface area contributed by atoms with Crippen LogP contribution in [0.3, 0.4) is 0 Å². The molecule has 5 nitrogen and oxygen atoms in total. The van der Waals surface area contributed by atoms with Gasteiger partial charge in [-0.05, 0) is 36.7 Å². The molecule has 2 rings (SSSR count). The number of nitrogens with two attached hydrogens (primary N) is 1. The van der Waals surface area contributed by atoms with Crippen molar-refractivity contribution in [2.45, 2.75) is 26.8 Å². The molecule has 0 radical (unpaired) electrons. The molecule has 0 fully saturated rings. The Bertz CT molecular complexity index is 517. The highest BCUT2D eigenvalue weighted by molar-refractivity contribution is 9.10. The lowest BCUT2D eigenvalue weighted by Gasteiger charge is -2.10. The van der Waals surface area contributed by atoms with Crippen LogP contribution in [0.1, 0.15) is 25.7 Å². The Balaban J connectivity index is 2.87. The molecule has 0 aliphatic carbocycles. The van der Waals surface area contributed by atoms with Gasteiger partial charge in [0, 0.05) is 6.04 Å². The molecule has 0 spiro atoms. The summed E-state index contributed by atoms with van der Waals surface area (Å²) in [6.07, 6.45) is 0. The van der Waals surface area contributed by atoms with E-state index in [0.29, 0.717) is 17.3 Å². The fourth-order valence-corrected chi connectivity index (χ4v) is 2.34. The summed E-state index contributed by atoms with van der Waals surface area (Å²) in [5.41, 5.74) is 7.31. The summed E-state index contributed by atoms with van der Waals surface area (Å²) in [6.45, 7) is 5.93. The highest BCUT2D eigenvalue weighted by Gasteiger charge is 2.15. The Morgan fingerprint density at radius 3 is 2.53 bits per heavy atom. The van der Waals surface area contributed by atoms with Gasteiger partial charge in [0.05, 0.1) is 0 Å². The Labute approximate surface area is 95.9 Å². The van der Waals surface area contributed by atoms with E-state index in [1.807, 2.05) is 4.57 Å². The second-order valence-corrected chi connectivity index (χ2v) is 4.38. The molecule has 0 amide bonds. The summed E-state index contributed by atoms with van der Waals surface area (Å²) in [7, 11) is 0. The fourth-order valence-electron chi connectivity index (χ4n) is 1.59. The third-order valence-corrected chi connectivity index (χ3v) is 2.72. The van der Waals surface area contributed by atoms with Gasteiger partial charge < -0.3 is 10.3 Å². The summed E-state index contributed by atoms with van der Waals surface area (Å²) in [6, 6.07) is 0.262. The Morgan fingerprint density at radius 2 is 1.93 bits per heavy atom. The number of aryl methyl sites for hydroxylation is 1. The number of nitrogens with zero attached hydrogens (tertiary/aromatic N) is 4. The van der Waals surface area contributed by atoms with Crippen molar-refractivity contribution >= 4 is 32.9 Å². The van der Waals surface area contributed by atoms with Crippen molar-refractivity contribution in [1.29, 1.82) is 0 Å². The molecule has 2 aromatic heterocycles. The normalized spacial score (nSPS) is 11.5. The summed E-state index contributed by atoms with van der Waals surface area (Å²) in [5, 5.41) is 0. The van der Waals surface area contributed by atoms with Crippen LogP contribution in [-0.4, -0.2) is 19.5 Å². The van der Waals surface area contributed by atoms with E-state index in [-0.39, 0.29) is 6.04 Å². The lowest BCUT2D eigenvalue weighted by molar-refractivity contribution is 0.604. The number of rotatable bonds is 1. The number of fused-ring (bicyclic) bond motifs is 1. The van der Waals surface area contributed by atoms with Gasteiger partial charge in [-0.2, -0.15) is 0 Å². The first-order valence-electron chi connectivity index (χ1n) is 4.68. The monoisotopic (exact) mass is 269 g/mol. The molecule has 0 aromatic carbocycles. The molecule has 2 aromatic rings. The molecule has 0 aliphatic heterocycles.